The molecule has 1 fully saturated rings. The van der Waals surface area contributed by atoms with E-state index in [0.29, 0.717) is 5.41 Å². The van der Waals surface area contributed by atoms with Crippen molar-refractivity contribution in [3.05, 3.63) is 0 Å². The molecule has 1 heteroatoms. The lowest BCUT2D eigenvalue weighted by Gasteiger charge is -2.31. The van der Waals surface area contributed by atoms with Crippen molar-refractivity contribution in [2.75, 3.05) is 13.1 Å². The van der Waals surface area contributed by atoms with E-state index in [1.165, 1.54) is 25.9 Å². The van der Waals surface area contributed by atoms with Crippen molar-refractivity contribution in [1.82, 2.24) is 0 Å². The first-order chi connectivity index (χ1) is 4.61. The summed E-state index contributed by atoms with van der Waals surface area (Å²) < 4.78 is 0. The minimum atomic E-state index is 0.539. The summed E-state index contributed by atoms with van der Waals surface area (Å²) in [6, 6.07) is 0. The van der Waals surface area contributed by atoms with Gasteiger partial charge in [0, 0.05) is 5.92 Å². The van der Waals surface area contributed by atoms with Gasteiger partial charge in [-0.1, -0.05) is 20.8 Å². The fourth-order valence-electron chi connectivity index (χ4n) is 1.73. The van der Waals surface area contributed by atoms with Crippen LogP contribution in [0.1, 0.15) is 33.6 Å². The molecule has 1 rings (SSSR count). The van der Waals surface area contributed by atoms with Crippen LogP contribution in [0.2, 0.25) is 0 Å². The molecule has 0 aromatic heterocycles. The highest BCUT2D eigenvalue weighted by atomic mass is 14.9. The number of hydrogen-bond acceptors (Lipinski definition) is 0. The van der Waals surface area contributed by atoms with E-state index in [1.807, 2.05) is 0 Å². The zero-order chi connectivity index (χ0) is 7.61. The first-order valence-electron chi connectivity index (χ1n) is 4.42. The fourth-order valence-corrected chi connectivity index (χ4v) is 1.73. The Hall–Kier alpha value is -0.0400. The van der Waals surface area contributed by atoms with E-state index in [2.05, 4.69) is 26.1 Å². The molecule has 1 unspecified atom stereocenters. The maximum absolute atomic E-state index is 2.46. The Morgan fingerprint density at radius 3 is 2.30 bits per heavy atom. The summed E-state index contributed by atoms with van der Waals surface area (Å²) in [7, 11) is 0. The Balaban J connectivity index is 2.39. The first-order valence-corrected chi connectivity index (χ1v) is 4.42. The van der Waals surface area contributed by atoms with Crippen LogP contribution in [-0.4, -0.2) is 13.1 Å². The number of rotatable bonds is 0. The van der Waals surface area contributed by atoms with Gasteiger partial charge >= 0.3 is 0 Å². The van der Waals surface area contributed by atoms with Gasteiger partial charge in [0.1, 0.15) is 0 Å². The van der Waals surface area contributed by atoms with Crippen LogP contribution >= 0.6 is 0 Å². The van der Waals surface area contributed by atoms with E-state index in [4.69, 9.17) is 0 Å². The Morgan fingerprint density at radius 1 is 1.30 bits per heavy atom. The first kappa shape index (κ1) is 8.06. The Kier molecular flexibility index (Phi) is 2.35. The van der Waals surface area contributed by atoms with Crippen molar-refractivity contribution in [2.24, 2.45) is 11.3 Å². The van der Waals surface area contributed by atoms with Gasteiger partial charge in [0.05, 0.1) is 13.1 Å². The Morgan fingerprint density at radius 2 is 2.00 bits per heavy atom. The van der Waals surface area contributed by atoms with Crippen LogP contribution in [0.3, 0.4) is 0 Å². The van der Waals surface area contributed by atoms with Gasteiger partial charge in [-0.15, -0.1) is 0 Å². The molecule has 2 N–H and O–H groups in total. The van der Waals surface area contributed by atoms with Crippen LogP contribution in [0.4, 0.5) is 0 Å². The summed E-state index contributed by atoms with van der Waals surface area (Å²) >= 11 is 0. The van der Waals surface area contributed by atoms with E-state index in [9.17, 15) is 0 Å². The smallest absolute Gasteiger partial charge is 0.0789 e. The second-order valence-electron chi connectivity index (χ2n) is 4.52. The number of hydrogen-bond donors (Lipinski definition) is 1. The Labute approximate surface area is 64.2 Å². The van der Waals surface area contributed by atoms with Gasteiger partial charge in [0.25, 0.3) is 0 Å². The van der Waals surface area contributed by atoms with Gasteiger partial charge in [-0.3, -0.25) is 0 Å². The monoisotopic (exact) mass is 142 g/mol. The van der Waals surface area contributed by atoms with Crippen LogP contribution < -0.4 is 5.32 Å². The minimum absolute atomic E-state index is 0.539. The molecule has 0 saturated carbocycles. The standard InChI is InChI=1S/C9H19N/c1-9(2,3)8-5-4-6-10-7-8/h8,10H,4-7H2,1-3H3/p+1. The van der Waals surface area contributed by atoms with E-state index in [0.717, 1.165) is 5.92 Å². The lowest BCUT2D eigenvalue weighted by Crippen LogP contribution is -2.87. The molecule has 10 heavy (non-hydrogen) atoms. The van der Waals surface area contributed by atoms with Gasteiger partial charge in [0.2, 0.25) is 0 Å². The maximum atomic E-state index is 2.46. The molecule has 0 bridgehead atoms. The van der Waals surface area contributed by atoms with Crippen LogP contribution in [0, 0.1) is 11.3 Å². The largest absolute Gasteiger partial charge is 0.346 e. The predicted molar refractivity (Wildman–Crippen MR) is 43.8 cm³/mol. The fraction of sp³-hybridized carbons (Fsp3) is 1.00. The molecule has 1 atom stereocenters. The van der Waals surface area contributed by atoms with Crippen molar-refractivity contribution < 1.29 is 5.32 Å². The summed E-state index contributed by atoms with van der Waals surface area (Å²) in [5, 5.41) is 2.46. The molecule has 1 nitrogen and oxygen atoms in total. The lowest BCUT2D eigenvalue weighted by atomic mass is 9.77. The van der Waals surface area contributed by atoms with Crippen molar-refractivity contribution in [2.45, 2.75) is 33.6 Å². The highest BCUT2D eigenvalue weighted by molar-refractivity contribution is 4.74. The topological polar surface area (TPSA) is 16.6 Å². The molecule has 0 aliphatic carbocycles. The van der Waals surface area contributed by atoms with Gasteiger partial charge in [-0.25, -0.2) is 0 Å². The third-order valence-corrected chi connectivity index (χ3v) is 2.64. The second kappa shape index (κ2) is 2.91. The van der Waals surface area contributed by atoms with Crippen LogP contribution in [0.25, 0.3) is 0 Å². The highest BCUT2D eigenvalue weighted by Crippen LogP contribution is 2.28. The zero-order valence-corrected chi connectivity index (χ0v) is 7.48. The Bertz CT molecular complexity index is 95.8. The quantitative estimate of drug-likeness (QED) is 0.520. The average Bonchev–Trinajstić information content (AvgIpc) is 1.88. The molecule has 0 radical (unpaired) electrons. The minimum Gasteiger partial charge on any atom is -0.346 e. The molecule has 60 valence electrons. The molecule has 0 spiro atoms. The average molecular weight is 142 g/mol. The van der Waals surface area contributed by atoms with Gasteiger partial charge in [-0.05, 0) is 18.3 Å². The summed E-state index contributed by atoms with van der Waals surface area (Å²) in [6.45, 7) is 9.78. The second-order valence-corrected chi connectivity index (χ2v) is 4.52. The number of piperidine rings is 1. The summed E-state index contributed by atoms with van der Waals surface area (Å²) in [6.07, 6.45) is 2.86. The maximum Gasteiger partial charge on any atom is 0.0789 e. The SMILES string of the molecule is CC(C)(C)C1CCC[NH2+]C1. The van der Waals surface area contributed by atoms with Crippen LogP contribution in [0.5, 0.6) is 0 Å². The van der Waals surface area contributed by atoms with Gasteiger partial charge < -0.3 is 5.32 Å². The zero-order valence-electron chi connectivity index (χ0n) is 7.48. The molecular formula is C9H20N+. The molecule has 1 aliphatic heterocycles. The van der Waals surface area contributed by atoms with E-state index in [1.54, 1.807) is 0 Å². The van der Waals surface area contributed by atoms with Crippen molar-refractivity contribution in [3.63, 3.8) is 0 Å². The van der Waals surface area contributed by atoms with Gasteiger partial charge in [-0.2, -0.15) is 0 Å². The number of quaternary nitrogens is 1. The van der Waals surface area contributed by atoms with Crippen LogP contribution in [0.15, 0.2) is 0 Å². The normalized spacial score (nSPS) is 28.5. The molecule has 0 aromatic carbocycles. The predicted octanol–water partition coefficient (Wildman–Crippen LogP) is 1.01. The molecular weight excluding hydrogens is 122 g/mol. The van der Waals surface area contributed by atoms with Crippen molar-refractivity contribution >= 4 is 0 Å². The molecule has 1 saturated heterocycles. The summed E-state index contributed by atoms with van der Waals surface area (Å²) in [5.41, 5.74) is 0.539. The van der Waals surface area contributed by atoms with E-state index >= 15 is 0 Å². The third-order valence-electron chi connectivity index (χ3n) is 2.64. The van der Waals surface area contributed by atoms with E-state index in [-0.39, 0.29) is 0 Å². The lowest BCUT2D eigenvalue weighted by molar-refractivity contribution is -0.671. The third kappa shape index (κ3) is 1.98. The molecule has 1 aliphatic rings. The highest BCUT2D eigenvalue weighted by Gasteiger charge is 2.27. The molecule has 1 heterocycles. The van der Waals surface area contributed by atoms with E-state index < -0.39 is 0 Å². The van der Waals surface area contributed by atoms with Crippen molar-refractivity contribution in [3.8, 4) is 0 Å². The summed E-state index contributed by atoms with van der Waals surface area (Å²) in [5.74, 6) is 0.946. The van der Waals surface area contributed by atoms with Crippen LogP contribution in [-0.2, 0) is 0 Å². The molecule has 0 aromatic rings. The number of nitrogens with two attached hydrogens (primary N) is 1. The van der Waals surface area contributed by atoms with Gasteiger partial charge in [0.15, 0.2) is 0 Å². The molecule has 0 amide bonds. The van der Waals surface area contributed by atoms with Crippen molar-refractivity contribution in [1.29, 1.82) is 0 Å². The summed E-state index contributed by atoms with van der Waals surface area (Å²) in [4.78, 5) is 0.